The Morgan fingerprint density at radius 3 is 2.63 bits per heavy atom. The number of rotatable bonds is 7. The highest BCUT2D eigenvalue weighted by atomic mass is 16.2. The Hall–Kier alpha value is -4.39. The number of amides is 2. The normalized spacial score (nSPS) is 15.1. The number of nitrogens with zero attached hydrogens (tertiary/aromatic N) is 3. The predicted molar refractivity (Wildman–Crippen MR) is 136 cm³/mol. The van der Waals surface area contributed by atoms with Crippen molar-refractivity contribution in [2.45, 2.75) is 25.4 Å². The number of fused-ring (bicyclic) bond motifs is 4. The van der Waals surface area contributed by atoms with Crippen molar-refractivity contribution < 1.29 is 9.59 Å². The van der Waals surface area contributed by atoms with E-state index in [2.05, 4.69) is 16.4 Å². The van der Waals surface area contributed by atoms with Gasteiger partial charge in [0.1, 0.15) is 6.04 Å². The lowest BCUT2D eigenvalue weighted by Crippen LogP contribution is -2.34. The molecule has 2 amide bonds. The van der Waals surface area contributed by atoms with E-state index in [0.29, 0.717) is 25.5 Å². The van der Waals surface area contributed by atoms with E-state index in [1.54, 1.807) is 4.90 Å². The molecule has 0 radical (unpaired) electrons. The van der Waals surface area contributed by atoms with Gasteiger partial charge in [-0.15, -0.1) is 0 Å². The first-order valence-electron chi connectivity index (χ1n) is 11.8. The zero-order valence-corrected chi connectivity index (χ0v) is 19.1. The van der Waals surface area contributed by atoms with Crippen LogP contribution in [0.3, 0.4) is 0 Å². The number of benzene rings is 3. The highest BCUT2D eigenvalue weighted by Gasteiger charge is 2.40. The predicted octanol–water partition coefficient (Wildman–Crippen LogP) is 4.35. The van der Waals surface area contributed by atoms with Gasteiger partial charge in [-0.3, -0.25) is 19.1 Å². The quantitative estimate of drug-likeness (QED) is 0.376. The van der Waals surface area contributed by atoms with E-state index >= 15 is 0 Å². The van der Waals surface area contributed by atoms with Gasteiger partial charge in [-0.1, -0.05) is 60.7 Å². The number of hydrogen-bond acceptors (Lipinski definition) is 3. The van der Waals surface area contributed by atoms with Gasteiger partial charge in [0, 0.05) is 30.2 Å². The van der Waals surface area contributed by atoms with Gasteiger partial charge in [0.2, 0.25) is 11.9 Å². The summed E-state index contributed by atoms with van der Waals surface area (Å²) in [7, 11) is 0. The van der Waals surface area contributed by atoms with Gasteiger partial charge in [-0.05, 0) is 35.7 Å². The molecule has 0 unspecified atom stereocenters. The Kier molecular flexibility index (Phi) is 5.29. The molecule has 0 saturated carbocycles. The van der Waals surface area contributed by atoms with Crippen LogP contribution in [0, 0.1) is 0 Å². The zero-order valence-electron chi connectivity index (χ0n) is 19.1. The molecule has 0 bridgehead atoms. The molecule has 0 spiro atoms. The van der Waals surface area contributed by atoms with Crippen LogP contribution in [0.4, 0.5) is 5.95 Å². The number of para-hydroxylation sites is 3. The second kappa shape index (κ2) is 8.76. The summed E-state index contributed by atoms with van der Waals surface area (Å²) in [5.41, 5.74) is 4.94. The van der Waals surface area contributed by atoms with Gasteiger partial charge in [0.15, 0.2) is 0 Å². The fourth-order valence-electron chi connectivity index (χ4n) is 4.92. The summed E-state index contributed by atoms with van der Waals surface area (Å²) in [6.07, 6.45) is 2.76. The smallest absolute Gasteiger partial charge is 0.253 e. The van der Waals surface area contributed by atoms with Crippen LogP contribution in [0.5, 0.6) is 0 Å². The molecule has 0 saturated heterocycles. The molecule has 0 fully saturated rings. The van der Waals surface area contributed by atoms with Crippen LogP contribution in [-0.2, 0) is 22.6 Å². The van der Waals surface area contributed by atoms with Crippen molar-refractivity contribution >= 4 is 39.7 Å². The third-order valence-corrected chi connectivity index (χ3v) is 6.67. The minimum Gasteiger partial charge on any atom is -0.361 e. The van der Waals surface area contributed by atoms with E-state index in [0.717, 1.165) is 33.1 Å². The standard InChI is InChI=1S/C28H25N5O2/c34-26(30-17-19-8-2-1-3-9-19)16-25-27(35)32(28-31-23-12-6-7-13-24(23)33(25)28)15-14-20-18-29-22-11-5-4-10-21(20)22/h1-13,18,25,29H,14-17H2,(H,30,34)/t25-/m0/s1. The number of H-pyrrole nitrogens is 1. The Labute approximate surface area is 202 Å². The van der Waals surface area contributed by atoms with Crippen molar-refractivity contribution in [1.82, 2.24) is 19.9 Å². The van der Waals surface area contributed by atoms with E-state index in [1.165, 1.54) is 0 Å². The molecule has 6 rings (SSSR count). The van der Waals surface area contributed by atoms with Crippen LogP contribution in [-0.4, -0.2) is 32.9 Å². The minimum atomic E-state index is -0.615. The van der Waals surface area contributed by atoms with Crippen LogP contribution >= 0.6 is 0 Å². The molecular formula is C28H25N5O2. The maximum atomic E-state index is 13.6. The van der Waals surface area contributed by atoms with Gasteiger partial charge in [0.25, 0.3) is 5.91 Å². The first-order chi connectivity index (χ1) is 17.2. The van der Waals surface area contributed by atoms with Crippen LogP contribution in [0.25, 0.3) is 21.9 Å². The molecule has 0 aliphatic carbocycles. The van der Waals surface area contributed by atoms with Gasteiger partial charge >= 0.3 is 0 Å². The number of nitrogens with one attached hydrogen (secondary N) is 2. The molecule has 1 atom stereocenters. The summed E-state index contributed by atoms with van der Waals surface area (Å²) in [4.78, 5) is 36.2. The molecule has 2 aromatic heterocycles. The fraction of sp³-hybridized carbons (Fsp3) is 0.179. The molecule has 1 aliphatic rings. The Balaban J connectivity index is 1.25. The Bertz CT molecular complexity index is 1540. The molecule has 174 valence electrons. The SMILES string of the molecule is O=C(C[C@H]1C(=O)N(CCc2c[nH]c3ccccc23)c2nc3ccccc3n21)NCc1ccccc1. The molecule has 7 nitrogen and oxygen atoms in total. The summed E-state index contributed by atoms with van der Waals surface area (Å²) in [5, 5.41) is 4.12. The number of carbonyl (C=O) groups is 2. The molecule has 3 aromatic carbocycles. The maximum Gasteiger partial charge on any atom is 0.253 e. The van der Waals surface area contributed by atoms with Crippen LogP contribution in [0.15, 0.2) is 85.1 Å². The first kappa shape index (κ1) is 21.2. The second-order valence-corrected chi connectivity index (χ2v) is 8.85. The van der Waals surface area contributed by atoms with Crippen LogP contribution in [0.2, 0.25) is 0 Å². The number of aromatic amines is 1. The molecule has 3 heterocycles. The highest BCUT2D eigenvalue weighted by molar-refractivity contribution is 6.03. The van der Waals surface area contributed by atoms with Crippen molar-refractivity contribution in [3.63, 3.8) is 0 Å². The number of anilines is 1. The zero-order chi connectivity index (χ0) is 23.8. The van der Waals surface area contributed by atoms with Gasteiger partial charge < -0.3 is 10.3 Å². The molecule has 1 aliphatic heterocycles. The van der Waals surface area contributed by atoms with Crippen LogP contribution in [0.1, 0.15) is 23.6 Å². The third kappa shape index (κ3) is 3.85. The number of carbonyl (C=O) groups excluding carboxylic acids is 2. The average Bonchev–Trinajstić information content (AvgIpc) is 3.55. The van der Waals surface area contributed by atoms with E-state index in [4.69, 9.17) is 4.98 Å². The lowest BCUT2D eigenvalue weighted by molar-refractivity contribution is -0.127. The highest BCUT2D eigenvalue weighted by Crippen LogP contribution is 2.36. The first-order valence-corrected chi connectivity index (χ1v) is 11.8. The van der Waals surface area contributed by atoms with Gasteiger partial charge in [0.05, 0.1) is 17.5 Å². The minimum absolute atomic E-state index is 0.0720. The topological polar surface area (TPSA) is 83.0 Å². The summed E-state index contributed by atoms with van der Waals surface area (Å²) in [6, 6.07) is 25.1. The van der Waals surface area contributed by atoms with Crippen molar-refractivity contribution in [1.29, 1.82) is 0 Å². The number of hydrogen-bond donors (Lipinski definition) is 2. The largest absolute Gasteiger partial charge is 0.361 e. The molecule has 7 heteroatoms. The van der Waals surface area contributed by atoms with Gasteiger partial charge in [-0.2, -0.15) is 0 Å². The van der Waals surface area contributed by atoms with Crippen molar-refractivity contribution in [3.8, 4) is 0 Å². The van der Waals surface area contributed by atoms with Crippen LogP contribution < -0.4 is 10.2 Å². The van der Waals surface area contributed by atoms with Crippen molar-refractivity contribution in [2.75, 3.05) is 11.4 Å². The summed E-state index contributed by atoms with van der Waals surface area (Å²) in [6.45, 7) is 0.925. The summed E-state index contributed by atoms with van der Waals surface area (Å²) < 4.78 is 1.93. The fourth-order valence-corrected chi connectivity index (χ4v) is 4.92. The molecule has 5 aromatic rings. The maximum absolute atomic E-state index is 13.6. The van der Waals surface area contributed by atoms with E-state index in [9.17, 15) is 9.59 Å². The van der Waals surface area contributed by atoms with Crippen molar-refractivity contribution in [3.05, 3.63) is 96.2 Å². The number of imidazole rings is 1. The summed E-state index contributed by atoms with van der Waals surface area (Å²) in [5.74, 6) is 0.360. The van der Waals surface area contributed by atoms with Crippen molar-refractivity contribution in [2.24, 2.45) is 0 Å². The molecule has 35 heavy (non-hydrogen) atoms. The van der Waals surface area contributed by atoms with E-state index in [1.807, 2.05) is 83.6 Å². The third-order valence-electron chi connectivity index (χ3n) is 6.67. The number of aromatic nitrogens is 3. The lowest BCUT2D eigenvalue weighted by Gasteiger charge is -2.16. The molecule has 2 N–H and O–H groups in total. The Morgan fingerprint density at radius 1 is 0.971 bits per heavy atom. The van der Waals surface area contributed by atoms with Gasteiger partial charge in [-0.25, -0.2) is 4.98 Å². The van der Waals surface area contributed by atoms with E-state index in [-0.39, 0.29) is 18.2 Å². The molecular weight excluding hydrogens is 438 g/mol. The Morgan fingerprint density at radius 2 is 1.74 bits per heavy atom. The second-order valence-electron chi connectivity index (χ2n) is 8.85. The van der Waals surface area contributed by atoms with E-state index < -0.39 is 6.04 Å². The lowest BCUT2D eigenvalue weighted by atomic mass is 10.1. The average molecular weight is 464 g/mol. The monoisotopic (exact) mass is 463 g/mol. The summed E-state index contributed by atoms with van der Waals surface area (Å²) >= 11 is 0.